The molecule has 0 amide bonds. The van der Waals surface area contributed by atoms with Crippen molar-refractivity contribution in [1.82, 2.24) is 4.90 Å². The highest BCUT2D eigenvalue weighted by atomic mass is 16.3. The number of piperidine rings is 1. The van der Waals surface area contributed by atoms with Gasteiger partial charge in [0.25, 0.3) is 0 Å². The van der Waals surface area contributed by atoms with Gasteiger partial charge >= 0.3 is 0 Å². The first-order valence-corrected chi connectivity index (χ1v) is 7.58. The smallest absolute Gasteiger partial charge is 0.0520 e. The van der Waals surface area contributed by atoms with Gasteiger partial charge in [-0.15, -0.1) is 0 Å². The number of nitrogens with two attached hydrogens (primary N) is 1. The van der Waals surface area contributed by atoms with E-state index in [0.29, 0.717) is 24.4 Å². The Hall–Kier alpha value is -0.960. The van der Waals surface area contributed by atoms with E-state index in [1.807, 2.05) is 0 Å². The van der Waals surface area contributed by atoms with Crippen molar-refractivity contribution in [3.63, 3.8) is 0 Å². The molecule has 1 fully saturated rings. The summed E-state index contributed by atoms with van der Waals surface area (Å²) in [4.78, 5) is 2.33. The molecule has 3 N–H and O–H groups in total. The summed E-state index contributed by atoms with van der Waals surface area (Å²) in [6.07, 6.45) is 9.46. The average molecular weight is 266 g/mol. The van der Waals surface area contributed by atoms with Gasteiger partial charge in [-0.1, -0.05) is 26.8 Å². The van der Waals surface area contributed by atoms with Gasteiger partial charge in [0.1, 0.15) is 0 Å². The maximum Gasteiger partial charge on any atom is 0.0520 e. The van der Waals surface area contributed by atoms with Crippen LogP contribution >= 0.6 is 0 Å². The van der Waals surface area contributed by atoms with E-state index in [9.17, 15) is 5.11 Å². The molecule has 0 aliphatic carbocycles. The Bertz CT molecular complexity index is 302. The van der Waals surface area contributed by atoms with Crippen LogP contribution in [0.15, 0.2) is 24.0 Å². The van der Waals surface area contributed by atoms with Crippen LogP contribution in [-0.4, -0.2) is 29.7 Å². The van der Waals surface area contributed by atoms with Crippen molar-refractivity contribution in [2.45, 2.75) is 40.0 Å². The van der Waals surface area contributed by atoms with Gasteiger partial charge in [-0.3, -0.25) is 0 Å². The monoisotopic (exact) mass is 266 g/mol. The molecule has 0 aromatic rings. The number of rotatable bonds is 6. The van der Waals surface area contributed by atoms with Gasteiger partial charge in [0.2, 0.25) is 0 Å². The molecule has 0 aromatic carbocycles. The molecule has 1 unspecified atom stereocenters. The highest BCUT2D eigenvalue weighted by Gasteiger charge is 2.19. The summed E-state index contributed by atoms with van der Waals surface area (Å²) in [5.74, 6) is 1.75. The highest BCUT2D eigenvalue weighted by molar-refractivity contribution is 5.18. The summed E-state index contributed by atoms with van der Waals surface area (Å²) in [6, 6.07) is 0. The Morgan fingerprint density at radius 3 is 2.42 bits per heavy atom. The topological polar surface area (TPSA) is 49.5 Å². The number of aliphatic hydroxyl groups excluding tert-OH is 1. The first kappa shape index (κ1) is 16.1. The quantitative estimate of drug-likeness (QED) is 0.727. The summed E-state index contributed by atoms with van der Waals surface area (Å²) < 4.78 is 0. The van der Waals surface area contributed by atoms with E-state index in [1.54, 1.807) is 6.20 Å². The summed E-state index contributed by atoms with van der Waals surface area (Å²) in [5.41, 5.74) is 6.89. The first-order valence-electron chi connectivity index (χ1n) is 7.58. The van der Waals surface area contributed by atoms with Crippen molar-refractivity contribution in [3.05, 3.63) is 24.0 Å². The average Bonchev–Trinajstić information content (AvgIpc) is 2.43. The van der Waals surface area contributed by atoms with Crippen molar-refractivity contribution in [2.75, 3.05) is 19.7 Å². The lowest BCUT2D eigenvalue weighted by Crippen LogP contribution is -2.34. The van der Waals surface area contributed by atoms with E-state index in [-0.39, 0.29) is 0 Å². The zero-order valence-electron chi connectivity index (χ0n) is 12.7. The third-order valence-corrected chi connectivity index (χ3v) is 4.25. The van der Waals surface area contributed by atoms with Gasteiger partial charge in [-0.05, 0) is 43.1 Å². The van der Waals surface area contributed by atoms with E-state index in [1.165, 1.54) is 6.42 Å². The highest BCUT2D eigenvalue weighted by Crippen LogP contribution is 2.22. The summed E-state index contributed by atoms with van der Waals surface area (Å²) >= 11 is 0. The van der Waals surface area contributed by atoms with Crippen molar-refractivity contribution < 1.29 is 5.11 Å². The SMILES string of the molecule is CCC(/C=C\C(=C/N)N1CCC(CO)CC1)C(C)C. The van der Waals surface area contributed by atoms with Gasteiger partial charge in [0.05, 0.1) is 5.70 Å². The number of likely N-dealkylation sites (tertiary alicyclic amines) is 1. The number of nitrogens with zero attached hydrogens (tertiary/aromatic N) is 1. The molecule has 0 saturated carbocycles. The lowest BCUT2D eigenvalue weighted by Gasteiger charge is -2.33. The zero-order chi connectivity index (χ0) is 14.3. The van der Waals surface area contributed by atoms with Crippen molar-refractivity contribution in [2.24, 2.45) is 23.5 Å². The second-order valence-corrected chi connectivity index (χ2v) is 5.88. The van der Waals surface area contributed by atoms with E-state index >= 15 is 0 Å². The third-order valence-electron chi connectivity index (χ3n) is 4.25. The zero-order valence-corrected chi connectivity index (χ0v) is 12.7. The van der Waals surface area contributed by atoms with Crippen LogP contribution in [0.2, 0.25) is 0 Å². The minimum atomic E-state index is 0.316. The van der Waals surface area contributed by atoms with Crippen LogP contribution in [0.4, 0.5) is 0 Å². The van der Waals surface area contributed by atoms with Crippen LogP contribution in [0, 0.1) is 17.8 Å². The molecule has 1 rings (SSSR count). The molecule has 1 aliphatic rings. The second kappa shape index (κ2) is 8.26. The third kappa shape index (κ3) is 4.90. The first-order chi connectivity index (χ1) is 9.12. The van der Waals surface area contributed by atoms with Gasteiger partial charge in [0, 0.05) is 25.9 Å². The van der Waals surface area contributed by atoms with Gasteiger partial charge in [-0.2, -0.15) is 0 Å². The molecule has 1 saturated heterocycles. The molecule has 19 heavy (non-hydrogen) atoms. The lowest BCUT2D eigenvalue weighted by molar-refractivity contribution is 0.153. The second-order valence-electron chi connectivity index (χ2n) is 5.88. The number of allylic oxidation sites excluding steroid dienone is 2. The molecule has 3 nitrogen and oxygen atoms in total. The van der Waals surface area contributed by atoms with Crippen LogP contribution in [0.5, 0.6) is 0 Å². The standard InChI is InChI=1S/C16H30N2O/c1-4-15(13(2)3)5-6-16(11-17)18-9-7-14(12-19)8-10-18/h5-6,11,13-15,19H,4,7-10,12,17H2,1-3H3/b6-5-,16-11+. The summed E-state index contributed by atoms with van der Waals surface area (Å²) in [6.45, 7) is 9.06. The van der Waals surface area contributed by atoms with Crippen molar-refractivity contribution in [1.29, 1.82) is 0 Å². The molecule has 1 atom stereocenters. The van der Waals surface area contributed by atoms with E-state index in [2.05, 4.69) is 37.8 Å². The van der Waals surface area contributed by atoms with Gasteiger partial charge in [-0.25, -0.2) is 0 Å². The van der Waals surface area contributed by atoms with Crippen LogP contribution in [0.25, 0.3) is 0 Å². The Morgan fingerprint density at radius 1 is 1.37 bits per heavy atom. The minimum Gasteiger partial charge on any atom is -0.403 e. The molecule has 1 heterocycles. The van der Waals surface area contributed by atoms with E-state index < -0.39 is 0 Å². The molecular formula is C16H30N2O. The van der Waals surface area contributed by atoms with Crippen molar-refractivity contribution >= 4 is 0 Å². The fourth-order valence-corrected chi connectivity index (χ4v) is 2.69. The Kier molecular flexibility index (Phi) is 7.00. The molecule has 0 radical (unpaired) electrons. The number of hydrogen-bond donors (Lipinski definition) is 2. The lowest BCUT2D eigenvalue weighted by atomic mass is 9.92. The molecule has 110 valence electrons. The predicted molar refractivity (Wildman–Crippen MR) is 81.4 cm³/mol. The normalized spacial score (nSPS) is 20.5. The number of hydrogen-bond acceptors (Lipinski definition) is 3. The Balaban J connectivity index is 2.57. The van der Waals surface area contributed by atoms with Gasteiger partial charge < -0.3 is 15.7 Å². The molecule has 3 heteroatoms. The largest absolute Gasteiger partial charge is 0.403 e. The Morgan fingerprint density at radius 2 is 2.00 bits per heavy atom. The van der Waals surface area contributed by atoms with Crippen molar-refractivity contribution in [3.8, 4) is 0 Å². The van der Waals surface area contributed by atoms with Crippen LogP contribution in [0.1, 0.15) is 40.0 Å². The predicted octanol–water partition coefficient (Wildman–Crippen LogP) is 2.73. The number of aliphatic hydroxyl groups is 1. The fourth-order valence-electron chi connectivity index (χ4n) is 2.69. The van der Waals surface area contributed by atoms with E-state index in [4.69, 9.17) is 5.73 Å². The molecule has 0 spiro atoms. The van der Waals surface area contributed by atoms with E-state index in [0.717, 1.165) is 31.6 Å². The summed E-state index contributed by atoms with van der Waals surface area (Å²) in [7, 11) is 0. The molecular weight excluding hydrogens is 236 g/mol. The van der Waals surface area contributed by atoms with Crippen LogP contribution in [-0.2, 0) is 0 Å². The molecule has 0 bridgehead atoms. The van der Waals surface area contributed by atoms with Crippen LogP contribution in [0.3, 0.4) is 0 Å². The fraction of sp³-hybridized carbons (Fsp3) is 0.750. The maximum absolute atomic E-state index is 9.17. The Labute approximate surface area is 118 Å². The minimum absolute atomic E-state index is 0.316. The molecule has 1 aliphatic heterocycles. The van der Waals surface area contributed by atoms with Gasteiger partial charge in [0.15, 0.2) is 0 Å². The maximum atomic E-state index is 9.17. The summed E-state index contributed by atoms with van der Waals surface area (Å²) in [5, 5.41) is 9.17. The van der Waals surface area contributed by atoms with Crippen LogP contribution < -0.4 is 5.73 Å². The molecule has 0 aromatic heterocycles.